The van der Waals surface area contributed by atoms with Gasteiger partial charge in [0.05, 0.1) is 11.4 Å². The maximum Gasteiger partial charge on any atom is 0.190 e. The van der Waals surface area contributed by atoms with Gasteiger partial charge in [0.2, 0.25) is 0 Å². The summed E-state index contributed by atoms with van der Waals surface area (Å²) in [5.41, 5.74) is 5.94. The van der Waals surface area contributed by atoms with E-state index in [1.54, 1.807) is 11.3 Å². The molecule has 2 heterocycles. The molecule has 0 radical (unpaired) electrons. The molecule has 0 unspecified atom stereocenters. The molecule has 1 N–H and O–H groups in total. The van der Waals surface area contributed by atoms with Gasteiger partial charge in [0.15, 0.2) is 4.80 Å². The van der Waals surface area contributed by atoms with Gasteiger partial charge in [-0.2, -0.15) is 0 Å². The zero-order valence-electron chi connectivity index (χ0n) is 16.0. The number of thiazole rings is 1. The van der Waals surface area contributed by atoms with Gasteiger partial charge in [-0.15, -0.1) is 11.3 Å². The smallest absolute Gasteiger partial charge is 0.190 e. The first kappa shape index (κ1) is 17.7. The van der Waals surface area contributed by atoms with Crippen molar-refractivity contribution in [2.75, 3.05) is 0 Å². The van der Waals surface area contributed by atoms with Crippen LogP contribution in [-0.2, 0) is 13.0 Å². The fourth-order valence-corrected chi connectivity index (χ4v) is 4.61. The molecule has 0 aliphatic heterocycles. The van der Waals surface area contributed by atoms with Crippen molar-refractivity contribution >= 4 is 27.9 Å². The van der Waals surface area contributed by atoms with E-state index in [1.165, 1.54) is 27.7 Å². The Labute approximate surface area is 173 Å². The molecule has 3 nitrogen and oxygen atoms in total. The lowest BCUT2D eigenvalue weighted by Crippen LogP contribution is -2.17. The first-order valence-electron chi connectivity index (χ1n) is 9.77. The molecule has 0 atom stereocenters. The molecular weight excluding hydrogens is 374 g/mol. The van der Waals surface area contributed by atoms with Crippen molar-refractivity contribution in [2.45, 2.75) is 13.0 Å². The number of hydrogen-bond acceptors (Lipinski definition) is 2. The van der Waals surface area contributed by atoms with Crippen LogP contribution in [0.15, 0.2) is 101 Å². The van der Waals surface area contributed by atoms with E-state index in [1.807, 2.05) is 30.3 Å². The maximum atomic E-state index is 4.92. The monoisotopic (exact) mass is 395 g/mol. The lowest BCUT2D eigenvalue weighted by Gasteiger charge is -2.09. The third-order valence-corrected chi connectivity index (χ3v) is 5.99. The second kappa shape index (κ2) is 7.94. The first-order valence-corrected chi connectivity index (χ1v) is 10.6. The molecule has 142 valence electrons. The highest BCUT2D eigenvalue weighted by molar-refractivity contribution is 7.07. The number of nitrogens with one attached hydrogen (secondary N) is 1. The third kappa shape index (κ3) is 3.67. The Kier molecular flexibility index (Phi) is 4.85. The Morgan fingerprint density at radius 3 is 2.38 bits per heavy atom. The van der Waals surface area contributed by atoms with Crippen LogP contribution in [0.3, 0.4) is 0 Å². The molecule has 5 rings (SSSR count). The highest BCUT2D eigenvalue weighted by Crippen LogP contribution is 2.23. The summed E-state index contributed by atoms with van der Waals surface area (Å²) >= 11 is 1.70. The van der Waals surface area contributed by atoms with Crippen LogP contribution in [0.2, 0.25) is 0 Å². The lowest BCUT2D eigenvalue weighted by molar-refractivity contribution is 0.686. The topological polar surface area (TPSA) is 33.1 Å². The van der Waals surface area contributed by atoms with Crippen molar-refractivity contribution in [2.24, 2.45) is 4.99 Å². The summed E-state index contributed by atoms with van der Waals surface area (Å²) in [7, 11) is 0. The third-order valence-electron chi connectivity index (χ3n) is 5.13. The number of hydrogen-bond donors (Lipinski definition) is 1. The Bertz CT molecular complexity index is 1290. The number of fused-ring (bicyclic) bond motifs is 1. The number of aryl methyl sites for hydroxylation is 1. The Morgan fingerprint density at radius 2 is 1.55 bits per heavy atom. The van der Waals surface area contributed by atoms with Gasteiger partial charge in [-0.25, -0.2) is 4.99 Å². The van der Waals surface area contributed by atoms with Crippen molar-refractivity contribution in [1.82, 2.24) is 9.55 Å². The highest BCUT2D eigenvalue weighted by Gasteiger charge is 2.10. The number of aromatic nitrogens is 2. The summed E-state index contributed by atoms with van der Waals surface area (Å²) in [4.78, 5) is 9.34. The molecule has 0 aliphatic rings. The van der Waals surface area contributed by atoms with Gasteiger partial charge in [0.25, 0.3) is 0 Å². The summed E-state index contributed by atoms with van der Waals surface area (Å²) in [6.07, 6.45) is 3.08. The largest absolute Gasteiger partial charge is 0.361 e. The van der Waals surface area contributed by atoms with Gasteiger partial charge in [-0.1, -0.05) is 66.7 Å². The molecule has 4 heteroatoms. The Hall–Kier alpha value is -3.37. The summed E-state index contributed by atoms with van der Waals surface area (Å²) in [6.45, 7) is 0.876. The highest BCUT2D eigenvalue weighted by atomic mass is 32.1. The summed E-state index contributed by atoms with van der Waals surface area (Å²) in [6, 6.07) is 29.2. The van der Waals surface area contributed by atoms with Crippen molar-refractivity contribution in [3.63, 3.8) is 0 Å². The fraction of sp³-hybridized carbons (Fsp3) is 0.0800. The van der Waals surface area contributed by atoms with E-state index < -0.39 is 0 Å². The molecule has 0 saturated heterocycles. The first-order chi connectivity index (χ1) is 14.4. The summed E-state index contributed by atoms with van der Waals surface area (Å²) < 4.78 is 2.34. The molecule has 0 aliphatic carbocycles. The number of benzene rings is 3. The van der Waals surface area contributed by atoms with E-state index in [9.17, 15) is 0 Å². The standard InChI is InChI=1S/C25H21N3S/c1-3-9-19(10-4-1)24-18-29-25(27-21-11-5-2-6-12-21)28(24)16-15-20-17-26-23-14-8-7-13-22(20)23/h1-14,17-18,26H,15-16H2. The average molecular weight is 396 g/mol. The predicted octanol–water partition coefficient (Wildman–Crippen LogP) is 6.17. The normalized spacial score (nSPS) is 11.9. The average Bonchev–Trinajstić information content (AvgIpc) is 3.37. The van der Waals surface area contributed by atoms with Crippen LogP contribution in [0, 0.1) is 0 Å². The number of H-pyrrole nitrogens is 1. The van der Waals surface area contributed by atoms with Crippen LogP contribution < -0.4 is 4.80 Å². The maximum absolute atomic E-state index is 4.92. The van der Waals surface area contributed by atoms with Gasteiger partial charge in [-0.05, 0) is 35.7 Å². The SMILES string of the molecule is c1ccc(N=c2scc(-c3ccccc3)n2CCc2c[nH]c3ccccc23)cc1. The van der Waals surface area contributed by atoms with Gasteiger partial charge < -0.3 is 9.55 Å². The molecule has 0 fully saturated rings. The minimum absolute atomic E-state index is 0.876. The minimum Gasteiger partial charge on any atom is -0.361 e. The van der Waals surface area contributed by atoms with E-state index in [-0.39, 0.29) is 0 Å². The molecule has 0 spiro atoms. The molecule has 5 aromatic rings. The predicted molar refractivity (Wildman–Crippen MR) is 121 cm³/mol. The number of aromatic amines is 1. The van der Waals surface area contributed by atoms with E-state index in [0.717, 1.165) is 23.5 Å². The molecule has 3 aromatic carbocycles. The van der Waals surface area contributed by atoms with Crippen LogP contribution in [0.25, 0.3) is 22.2 Å². The van der Waals surface area contributed by atoms with Crippen molar-refractivity contribution in [3.05, 3.63) is 107 Å². The van der Waals surface area contributed by atoms with Crippen LogP contribution in [0.1, 0.15) is 5.56 Å². The van der Waals surface area contributed by atoms with Gasteiger partial charge in [0.1, 0.15) is 0 Å². The molecule has 29 heavy (non-hydrogen) atoms. The second-order valence-electron chi connectivity index (χ2n) is 6.98. The molecular formula is C25H21N3S. The fourth-order valence-electron chi connectivity index (χ4n) is 3.66. The molecule has 0 saturated carbocycles. The zero-order chi connectivity index (χ0) is 19.5. The number of nitrogens with zero attached hydrogens (tertiary/aromatic N) is 2. The summed E-state index contributed by atoms with van der Waals surface area (Å²) in [5, 5.41) is 3.51. The van der Waals surface area contributed by atoms with Crippen LogP contribution in [0.4, 0.5) is 5.69 Å². The van der Waals surface area contributed by atoms with Gasteiger partial charge in [0, 0.05) is 29.0 Å². The lowest BCUT2D eigenvalue weighted by atomic mass is 10.1. The zero-order valence-corrected chi connectivity index (χ0v) is 16.8. The molecule has 2 aromatic heterocycles. The second-order valence-corrected chi connectivity index (χ2v) is 7.81. The van der Waals surface area contributed by atoms with Crippen LogP contribution >= 0.6 is 11.3 Å². The van der Waals surface area contributed by atoms with E-state index in [0.29, 0.717) is 0 Å². The molecule has 0 bridgehead atoms. The van der Waals surface area contributed by atoms with Gasteiger partial charge >= 0.3 is 0 Å². The molecule has 0 amide bonds. The minimum atomic E-state index is 0.876. The van der Waals surface area contributed by atoms with E-state index in [2.05, 4.69) is 75.7 Å². The van der Waals surface area contributed by atoms with E-state index >= 15 is 0 Å². The Morgan fingerprint density at radius 1 is 0.828 bits per heavy atom. The van der Waals surface area contributed by atoms with Crippen molar-refractivity contribution in [1.29, 1.82) is 0 Å². The Balaban J connectivity index is 1.56. The number of rotatable bonds is 5. The van der Waals surface area contributed by atoms with E-state index in [4.69, 9.17) is 4.99 Å². The van der Waals surface area contributed by atoms with Crippen molar-refractivity contribution < 1.29 is 0 Å². The number of para-hydroxylation sites is 2. The van der Waals surface area contributed by atoms with Crippen molar-refractivity contribution in [3.8, 4) is 11.3 Å². The van der Waals surface area contributed by atoms with Gasteiger partial charge in [-0.3, -0.25) is 0 Å². The quantitative estimate of drug-likeness (QED) is 0.369. The van der Waals surface area contributed by atoms with Crippen LogP contribution in [0.5, 0.6) is 0 Å². The van der Waals surface area contributed by atoms with Crippen LogP contribution in [-0.4, -0.2) is 9.55 Å². The summed E-state index contributed by atoms with van der Waals surface area (Å²) in [5.74, 6) is 0.